The second-order valence-electron chi connectivity index (χ2n) is 7.28. The first kappa shape index (κ1) is 23.2. The van der Waals surface area contributed by atoms with Crippen molar-refractivity contribution in [1.82, 2.24) is 0 Å². The Morgan fingerprint density at radius 2 is 1.38 bits per heavy atom. The third kappa shape index (κ3) is 5.82. The van der Waals surface area contributed by atoms with Crippen LogP contribution in [0.25, 0.3) is 0 Å². The highest BCUT2D eigenvalue weighted by molar-refractivity contribution is 5.53. The summed E-state index contributed by atoms with van der Waals surface area (Å²) in [5.41, 5.74) is 2.48. The molecule has 2 nitrogen and oxygen atoms in total. The van der Waals surface area contributed by atoms with Gasteiger partial charge in [-0.3, -0.25) is 0 Å². The molecule has 0 fully saturated rings. The molecule has 0 spiro atoms. The molecule has 3 aromatic rings. The molecule has 0 bridgehead atoms. The second-order valence-corrected chi connectivity index (χ2v) is 7.28. The molecule has 0 atom stereocenters. The quantitative estimate of drug-likeness (QED) is 0.212. The summed E-state index contributed by atoms with van der Waals surface area (Å²) in [7, 11) is 0. The van der Waals surface area contributed by atoms with Gasteiger partial charge in [0, 0.05) is 11.6 Å². The first-order chi connectivity index (χ1) is 15.4. The van der Waals surface area contributed by atoms with Crippen molar-refractivity contribution in [3.8, 4) is 11.8 Å². The highest BCUT2D eigenvalue weighted by Gasteiger charge is 2.09. The van der Waals surface area contributed by atoms with Gasteiger partial charge in [-0.2, -0.15) is 10.2 Å². The van der Waals surface area contributed by atoms with Crippen LogP contribution < -0.4 is 0 Å². The number of rotatable bonds is 6. The Hall–Kier alpha value is -3.46. The molecule has 6 heteroatoms. The molecule has 3 rings (SSSR count). The van der Waals surface area contributed by atoms with Crippen LogP contribution in [0.3, 0.4) is 0 Å². The number of hydrogen-bond acceptors (Lipinski definition) is 2. The molecule has 0 saturated carbocycles. The molecule has 0 aliphatic carbocycles. The van der Waals surface area contributed by atoms with Crippen LogP contribution in [-0.4, -0.2) is 0 Å². The van der Waals surface area contributed by atoms with Crippen LogP contribution >= 0.6 is 0 Å². The van der Waals surface area contributed by atoms with Crippen molar-refractivity contribution < 1.29 is 17.6 Å². The molecule has 0 unspecified atom stereocenters. The first-order valence-electron chi connectivity index (χ1n) is 10.4. The van der Waals surface area contributed by atoms with Gasteiger partial charge < -0.3 is 0 Å². The third-order valence-corrected chi connectivity index (χ3v) is 4.90. The molecule has 0 heterocycles. The van der Waals surface area contributed by atoms with E-state index in [9.17, 15) is 17.6 Å². The maximum absolute atomic E-state index is 14.4. The summed E-state index contributed by atoms with van der Waals surface area (Å²) in [6.45, 7) is 3.94. The Morgan fingerprint density at radius 1 is 0.719 bits per heavy atom. The van der Waals surface area contributed by atoms with Gasteiger partial charge in [-0.1, -0.05) is 32.1 Å². The fraction of sp³-hybridized carbons (Fsp3) is 0.231. The van der Waals surface area contributed by atoms with E-state index in [1.54, 1.807) is 18.2 Å². The Labute approximate surface area is 185 Å². The summed E-state index contributed by atoms with van der Waals surface area (Å²) in [6, 6.07) is 11.0. The number of benzene rings is 3. The summed E-state index contributed by atoms with van der Waals surface area (Å²) in [4.78, 5) is 0. The van der Waals surface area contributed by atoms with Crippen molar-refractivity contribution in [2.24, 2.45) is 10.2 Å². The van der Waals surface area contributed by atoms with Gasteiger partial charge in [0.05, 0.1) is 16.9 Å². The number of nitrogens with zero attached hydrogens (tertiary/aromatic N) is 2. The largest absolute Gasteiger partial charge is 0.206 e. The third-order valence-electron chi connectivity index (χ3n) is 4.90. The van der Waals surface area contributed by atoms with E-state index in [0.717, 1.165) is 30.5 Å². The maximum Gasteiger partial charge on any atom is 0.161 e. The predicted octanol–water partition coefficient (Wildman–Crippen LogP) is 7.96. The van der Waals surface area contributed by atoms with Crippen molar-refractivity contribution in [3.05, 3.63) is 94.1 Å². The Morgan fingerprint density at radius 3 is 2.00 bits per heavy atom. The number of unbranched alkanes of at least 4 members (excludes halogenated alkanes) is 1. The number of azo groups is 1. The molecule has 0 aliphatic heterocycles. The molecule has 164 valence electrons. The summed E-state index contributed by atoms with van der Waals surface area (Å²) >= 11 is 0. The van der Waals surface area contributed by atoms with Crippen LogP contribution in [0.1, 0.15) is 48.9 Å². The van der Waals surface area contributed by atoms with E-state index in [1.807, 2.05) is 13.8 Å². The Kier molecular flexibility index (Phi) is 7.77. The van der Waals surface area contributed by atoms with Crippen LogP contribution in [-0.2, 0) is 12.8 Å². The smallest absolute Gasteiger partial charge is 0.161 e. The SMILES string of the molecule is CCCCc1cc(F)c(C#Cc2ccc(N=Nc3ccc(F)c(F)c3)cc2CC)c(F)c1. The lowest BCUT2D eigenvalue weighted by Crippen LogP contribution is -1.95. The topological polar surface area (TPSA) is 24.7 Å². The maximum atomic E-state index is 14.4. The Bertz CT molecular complexity index is 1180. The summed E-state index contributed by atoms with van der Waals surface area (Å²) < 4.78 is 55.1. The van der Waals surface area contributed by atoms with Crippen molar-refractivity contribution in [2.75, 3.05) is 0 Å². The normalized spacial score (nSPS) is 10.9. The summed E-state index contributed by atoms with van der Waals surface area (Å²) in [5.74, 6) is 2.17. The number of halogens is 4. The Balaban J connectivity index is 1.84. The van der Waals surface area contributed by atoms with Crippen molar-refractivity contribution in [1.29, 1.82) is 0 Å². The van der Waals surface area contributed by atoms with E-state index < -0.39 is 23.3 Å². The van der Waals surface area contributed by atoms with Crippen molar-refractivity contribution >= 4 is 11.4 Å². The minimum absolute atomic E-state index is 0.180. The van der Waals surface area contributed by atoms with Crippen LogP contribution in [0.5, 0.6) is 0 Å². The molecular weight excluding hydrogens is 416 g/mol. The summed E-state index contributed by atoms with van der Waals surface area (Å²) in [6.07, 6.45) is 3.04. The lowest BCUT2D eigenvalue weighted by molar-refractivity contribution is 0.509. The van der Waals surface area contributed by atoms with Gasteiger partial charge in [0.15, 0.2) is 11.6 Å². The highest BCUT2D eigenvalue weighted by atomic mass is 19.2. The van der Waals surface area contributed by atoms with Crippen molar-refractivity contribution in [2.45, 2.75) is 39.5 Å². The number of aryl methyl sites for hydroxylation is 2. The average Bonchev–Trinajstić information content (AvgIpc) is 2.78. The highest BCUT2D eigenvalue weighted by Crippen LogP contribution is 2.23. The standard InChI is InChI=1S/C26H22F4N2/c1-3-5-6-17-13-24(28)22(25(29)14-17)11-8-19-7-9-20(15-18(19)4-2)31-32-21-10-12-23(27)26(30)16-21/h7,9-10,12-16H,3-6H2,1-2H3. The lowest BCUT2D eigenvalue weighted by Gasteiger charge is -2.04. The minimum Gasteiger partial charge on any atom is -0.206 e. The zero-order valence-electron chi connectivity index (χ0n) is 17.9. The van der Waals surface area contributed by atoms with Gasteiger partial charge >= 0.3 is 0 Å². The monoisotopic (exact) mass is 438 g/mol. The molecule has 0 aliphatic rings. The molecule has 0 N–H and O–H groups in total. The van der Waals surface area contributed by atoms with E-state index in [-0.39, 0.29) is 11.3 Å². The fourth-order valence-electron chi connectivity index (χ4n) is 3.12. The van der Waals surface area contributed by atoms with Crippen LogP contribution in [0.2, 0.25) is 0 Å². The van der Waals surface area contributed by atoms with Gasteiger partial charge in [0.1, 0.15) is 11.6 Å². The van der Waals surface area contributed by atoms with Gasteiger partial charge in [0.25, 0.3) is 0 Å². The van der Waals surface area contributed by atoms with E-state index >= 15 is 0 Å². The van der Waals surface area contributed by atoms with E-state index in [0.29, 0.717) is 29.7 Å². The lowest BCUT2D eigenvalue weighted by atomic mass is 10.0. The van der Waals surface area contributed by atoms with Crippen LogP contribution in [0.15, 0.2) is 58.8 Å². The molecule has 0 saturated heterocycles. The zero-order valence-corrected chi connectivity index (χ0v) is 17.9. The molecule has 32 heavy (non-hydrogen) atoms. The average molecular weight is 438 g/mol. The van der Waals surface area contributed by atoms with Crippen molar-refractivity contribution in [3.63, 3.8) is 0 Å². The predicted molar refractivity (Wildman–Crippen MR) is 117 cm³/mol. The molecular formula is C26H22F4N2. The zero-order chi connectivity index (χ0) is 23.1. The van der Waals surface area contributed by atoms with Crippen LogP contribution in [0.4, 0.5) is 28.9 Å². The summed E-state index contributed by atoms with van der Waals surface area (Å²) in [5, 5.41) is 7.96. The molecule has 0 amide bonds. The van der Waals surface area contributed by atoms with Gasteiger partial charge in [0.2, 0.25) is 0 Å². The number of hydrogen-bond donors (Lipinski definition) is 0. The fourth-order valence-corrected chi connectivity index (χ4v) is 3.12. The first-order valence-corrected chi connectivity index (χ1v) is 10.4. The van der Waals surface area contributed by atoms with Gasteiger partial charge in [-0.15, -0.1) is 0 Å². The minimum atomic E-state index is -1.00. The molecule has 0 radical (unpaired) electrons. The van der Waals surface area contributed by atoms with E-state index in [4.69, 9.17) is 0 Å². The van der Waals surface area contributed by atoms with Gasteiger partial charge in [-0.25, -0.2) is 17.6 Å². The van der Waals surface area contributed by atoms with E-state index in [1.165, 1.54) is 18.2 Å². The molecule has 0 aromatic heterocycles. The second kappa shape index (κ2) is 10.7. The van der Waals surface area contributed by atoms with E-state index in [2.05, 4.69) is 22.1 Å². The van der Waals surface area contributed by atoms with Crippen LogP contribution in [0, 0.1) is 35.1 Å². The molecule has 3 aromatic carbocycles. The van der Waals surface area contributed by atoms with Gasteiger partial charge in [-0.05, 0) is 72.9 Å².